The van der Waals surface area contributed by atoms with E-state index in [4.69, 9.17) is 9.47 Å². The van der Waals surface area contributed by atoms with Crippen molar-refractivity contribution in [3.05, 3.63) is 76.2 Å². The Morgan fingerprint density at radius 3 is 2.54 bits per heavy atom. The van der Waals surface area contributed by atoms with Crippen LogP contribution in [0.25, 0.3) is 11.1 Å². The molecule has 2 aliphatic rings. The summed E-state index contributed by atoms with van der Waals surface area (Å²) in [6.07, 6.45) is -1.30. The van der Waals surface area contributed by atoms with E-state index in [1.165, 1.54) is 12.1 Å². The van der Waals surface area contributed by atoms with Crippen LogP contribution in [0.1, 0.15) is 40.2 Å². The quantitative estimate of drug-likeness (QED) is 0.242. The topological polar surface area (TPSA) is 103 Å². The summed E-state index contributed by atoms with van der Waals surface area (Å²) < 4.78 is 90.4. The zero-order valence-corrected chi connectivity index (χ0v) is 23.0. The van der Waals surface area contributed by atoms with Gasteiger partial charge in [0.1, 0.15) is 28.0 Å². The number of carboxylic acid groups (broad SMARTS) is 1. The van der Waals surface area contributed by atoms with E-state index in [0.29, 0.717) is 23.8 Å². The van der Waals surface area contributed by atoms with E-state index >= 15 is 0 Å². The SMILES string of the molecule is Cc1cc(OCCCS(C)(=O)=O)ccc1-c1cc(COc2cc3c(cn2)C2C(C3)C2C(=O)O)c(F)cc1C(F)(F)F. The maximum Gasteiger partial charge on any atom is 0.417 e. The van der Waals surface area contributed by atoms with Crippen molar-refractivity contribution in [2.24, 2.45) is 11.8 Å². The van der Waals surface area contributed by atoms with Gasteiger partial charge < -0.3 is 14.6 Å². The minimum Gasteiger partial charge on any atom is -0.494 e. The van der Waals surface area contributed by atoms with E-state index in [1.54, 1.807) is 25.3 Å². The predicted octanol–water partition coefficient (Wildman–Crippen LogP) is 5.58. The lowest BCUT2D eigenvalue weighted by atomic mass is 9.93. The highest BCUT2D eigenvalue weighted by Crippen LogP contribution is 2.61. The zero-order valence-electron chi connectivity index (χ0n) is 22.2. The molecule has 0 amide bonds. The molecule has 3 atom stereocenters. The van der Waals surface area contributed by atoms with E-state index in [1.807, 2.05) is 0 Å². The highest BCUT2D eigenvalue weighted by Gasteiger charge is 2.60. The van der Waals surface area contributed by atoms with Crippen molar-refractivity contribution < 1.29 is 45.4 Å². The zero-order chi connectivity index (χ0) is 29.7. The van der Waals surface area contributed by atoms with Crippen molar-refractivity contribution in [1.29, 1.82) is 0 Å². The highest BCUT2D eigenvalue weighted by molar-refractivity contribution is 7.90. The molecule has 1 heterocycles. The maximum absolute atomic E-state index is 14.9. The fourth-order valence-electron chi connectivity index (χ4n) is 5.56. The van der Waals surface area contributed by atoms with Gasteiger partial charge >= 0.3 is 12.1 Å². The molecular formula is C29H27F4NO6S. The first-order valence-corrected chi connectivity index (χ1v) is 14.9. The second-order valence-corrected chi connectivity index (χ2v) is 12.8. The molecule has 5 rings (SSSR count). The molecule has 7 nitrogen and oxygen atoms in total. The van der Waals surface area contributed by atoms with Crippen LogP contribution in [0.15, 0.2) is 42.6 Å². The van der Waals surface area contributed by atoms with Gasteiger partial charge in [-0.3, -0.25) is 4.79 Å². The van der Waals surface area contributed by atoms with Gasteiger partial charge in [-0.2, -0.15) is 13.2 Å². The second-order valence-electron chi connectivity index (χ2n) is 10.6. The van der Waals surface area contributed by atoms with Crippen LogP contribution in [-0.2, 0) is 33.8 Å². The Morgan fingerprint density at radius 1 is 1.12 bits per heavy atom. The molecule has 0 radical (unpaired) electrons. The maximum atomic E-state index is 14.9. The first-order valence-electron chi connectivity index (χ1n) is 12.9. The van der Waals surface area contributed by atoms with Crippen LogP contribution in [0.5, 0.6) is 11.6 Å². The lowest BCUT2D eigenvalue weighted by Gasteiger charge is -2.18. The lowest BCUT2D eigenvalue weighted by molar-refractivity contribution is -0.139. The molecule has 0 aliphatic heterocycles. The number of aryl methyl sites for hydroxylation is 1. The summed E-state index contributed by atoms with van der Waals surface area (Å²) in [5.41, 5.74) is 0.996. The third kappa shape index (κ3) is 6.17. The number of sulfone groups is 1. The van der Waals surface area contributed by atoms with Gasteiger partial charge in [-0.1, -0.05) is 6.07 Å². The van der Waals surface area contributed by atoms with E-state index < -0.39 is 39.3 Å². The second kappa shape index (κ2) is 10.6. The van der Waals surface area contributed by atoms with E-state index in [9.17, 15) is 35.9 Å². The molecule has 0 spiro atoms. The summed E-state index contributed by atoms with van der Waals surface area (Å²) in [6.45, 7) is 1.36. The number of hydrogen-bond donors (Lipinski definition) is 1. The van der Waals surface area contributed by atoms with Gasteiger partial charge in [-0.15, -0.1) is 0 Å². The van der Waals surface area contributed by atoms with Crippen LogP contribution in [0.2, 0.25) is 0 Å². The van der Waals surface area contributed by atoms with E-state index in [0.717, 1.165) is 23.4 Å². The van der Waals surface area contributed by atoms with Crippen molar-refractivity contribution in [1.82, 2.24) is 4.98 Å². The Balaban J connectivity index is 1.35. The van der Waals surface area contributed by atoms with Crippen LogP contribution in [0.3, 0.4) is 0 Å². The number of halogens is 4. The number of benzene rings is 2. The van der Waals surface area contributed by atoms with Crippen LogP contribution in [0, 0.1) is 24.6 Å². The normalized spacial score (nSPS) is 19.4. The molecule has 3 aromatic rings. The third-order valence-electron chi connectivity index (χ3n) is 7.55. The monoisotopic (exact) mass is 593 g/mol. The van der Waals surface area contributed by atoms with Gasteiger partial charge in [-0.05, 0) is 77.8 Å². The van der Waals surface area contributed by atoms with Crippen molar-refractivity contribution in [3.8, 4) is 22.8 Å². The Bertz CT molecular complexity index is 1620. The molecule has 41 heavy (non-hydrogen) atoms. The third-order valence-corrected chi connectivity index (χ3v) is 8.58. The number of pyridine rings is 1. The smallest absolute Gasteiger partial charge is 0.417 e. The minimum absolute atomic E-state index is 0.0296. The van der Waals surface area contributed by atoms with Gasteiger partial charge in [-0.25, -0.2) is 17.8 Å². The number of alkyl halides is 3. The summed E-state index contributed by atoms with van der Waals surface area (Å²) in [4.78, 5) is 15.5. The van der Waals surface area contributed by atoms with Crippen molar-refractivity contribution in [3.63, 3.8) is 0 Å². The molecule has 1 saturated carbocycles. The first-order chi connectivity index (χ1) is 19.2. The summed E-state index contributed by atoms with van der Waals surface area (Å²) in [5, 5.41) is 9.27. The summed E-state index contributed by atoms with van der Waals surface area (Å²) in [6, 6.07) is 7.72. The van der Waals surface area contributed by atoms with Crippen molar-refractivity contribution in [2.75, 3.05) is 18.6 Å². The predicted molar refractivity (Wildman–Crippen MR) is 141 cm³/mol. The molecule has 2 aliphatic carbocycles. The fraction of sp³-hybridized carbons (Fsp3) is 0.379. The number of rotatable bonds is 10. The fourth-order valence-corrected chi connectivity index (χ4v) is 6.20. The molecule has 0 bridgehead atoms. The Kier molecular flexibility index (Phi) is 7.47. The largest absolute Gasteiger partial charge is 0.494 e. The highest BCUT2D eigenvalue weighted by atomic mass is 32.2. The molecule has 12 heteroatoms. The average Bonchev–Trinajstić information content (AvgIpc) is 3.47. The first kappa shape index (κ1) is 28.8. The number of ether oxygens (including phenoxy) is 2. The molecular weight excluding hydrogens is 566 g/mol. The minimum atomic E-state index is -4.82. The van der Waals surface area contributed by atoms with E-state index in [2.05, 4.69) is 4.98 Å². The molecule has 1 fully saturated rings. The van der Waals surface area contributed by atoms with Gasteiger partial charge in [0.15, 0.2) is 0 Å². The molecule has 1 N–H and O–H groups in total. The number of aliphatic carboxylic acids is 1. The van der Waals surface area contributed by atoms with Crippen LogP contribution < -0.4 is 9.47 Å². The average molecular weight is 594 g/mol. The summed E-state index contributed by atoms with van der Waals surface area (Å²) in [5.74, 6) is -1.85. The molecule has 3 unspecified atom stereocenters. The Morgan fingerprint density at radius 2 is 1.88 bits per heavy atom. The van der Waals surface area contributed by atoms with Gasteiger partial charge in [0.25, 0.3) is 0 Å². The van der Waals surface area contributed by atoms with Gasteiger partial charge in [0, 0.05) is 30.0 Å². The molecule has 1 aromatic heterocycles. The van der Waals surface area contributed by atoms with Crippen LogP contribution in [-0.4, -0.2) is 43.1 Å². The number of carboxylic acids is 1. The van der Waals surface area contributed by atoms with E-state index in [-0.39, 0.29) is 59.8 Å². The van der Waals surface area contributed by atoms with Crippen LogP contribution in [0.4, 0.5) is 17.6 Å². The summed E-state index contributed by atoms with van der Waals surface area (Å²) >= 11 is 0. The lowest BCUT2D eigenvalue weighted by Crippen LogP contribution is -2.11. The van der Waals surface area contributed by atoms with Crippen LogP contribution >= 0.6 is 0 Å². The number of hydrogen-bond acceptors (Lipinski definition) is 6. The molecule has 2 aromatic carbocycles. The van der Waals surface area contributed by atoms with Crippen molar-refractivity contribution in [2.45, 2.75) is 38.5 Å². The van der Waals surface area contributed by atoms with Gasteiger partial charge in [0.2, 0.25) is 5.88 Å². The molecule has 218 valence electrons. The van der Waals surface area contributed by atoms with Crippen molar-refractivity contribution >= 4 is 15.8 Å². The number of aromatic nitrogens is 1. The number of nitrogens with zero attached hydrogens (tertiary/aromatic N) is 1. The molecule has 0 saturated heterocycles. The Labute approximate surface area is 234 Å². The standard InChI is InChI=1S/C29H27F4NO6S/c1-15-8-18(39-6-3-7-41(2,37)38)4-5-19(15)20-10-17(24(30)12-23(20)29(31,32)33)14-40-25-11-16-9-21-26(22(16)13-34-25)27(21)28(35)36/h4-5,8,10-13,21,26-27H,3,6-7,9,14H2,1-2H3,(H,35,36). The Hall–Kier alpha value is -3.67. The van der Waals surface area contributed by atoms with Gasteiger partial charge in [0.05, 0.1) is 23.8 Å². The summed E-state index contributed by atoms with van der Waals surface area (Å²) in [7, 11) is -3.14. The number of fused-ring (bicyclic) bond motifs is 3. The number of carbonyl (C=O) groups is 1.